The van der Waals surface area contributed by atoms with Gasteiger partial charge in [0.05, 0.1) is 17.9 Å². The van der Waals surface area contributed by atoms with E-state index in [0.29, 0.717) is 35.7 Å². The first-order valence-corrected chi connectivity index (χ1v) is 8.77. The van der Waals surface area contributed by atoms with Crippen LogP contribution in [0.4, 0.5) is 0 Å². The number of nitrogens with one attached hydrogen (secondary N) is 1. The number of aromatic amines is 1. The van der Waals surface area contributed by atoms with Crippen molar-refractivity contribution in [1.82, 2.24) is 19.7 Å². The van der Waals surface area contributed by atoms with E-state index in [1.54, 1.807) is 4.68 Å². The van der Waals surface area contributed by atoms with Gasteiger partial charge in [-0.05, 0) is 25.5 Å². The highest BCUT2D eigenvalue weighted by Gasteiger charge is 2.18. The summed E-state index contributed by atoms with van der Waals surface area (Å²) in [6.45, 7) is 4.49. The van der Waals surface area contributed by atoms with Gasteiger partial charge in [-0.2, -0.15) is 5.10 Å². The molecule has 3 rings (SSSR count). The summed E-state index contributed by atoms with van der Waals surface area (Å²) < 4.78 is 7.21. The van der Waals surface area contributed by atoms with E-state index in [9.17, 15) is 4.79 Å². The first-order chi connectivity index (χ1) is 13.1. The fraction of sp³-hybridized carbons (Fsp3) is 0.333. The number of H-pyrrole nitrogens is 1. The van der Waals surface area contributed by atoms with Gasteiger partial charge in [-0.3, -0.25) is 9.48 Å². The van der Waals surface area contributed by atoms with Crippen LogP contribution in [0.1, 0.15) is 26.0 Å². The summed E-state index contributed by atoms with van der Waals surface area (Å²) in [7, 11) is 0. The molecule has 9 heteroatoms. The van der Waals surface area contributed by atoms with Crippen LogP contribution in [0.5, 0.6) is 5.75 Å². The quantitative estimate of drug-likeness (QED) is 0.252. The van der Waals surface area contributed by atoms with Crippen molar-refractivity contribution in [2.24, 2.45) is 10.9 Å². The summed E-state index contributed by atoms with van der Waals surface area (Å²) in [6, 6.07) is 7.40. The van der Waals surface area contributed by atoms with Gasteiger partial charge in [0, 0.05) is 0 Å². The average molecular weight is 370 g/mol. The molecular formula is C18H22N6O3. The Balaban J connectivity index is 2.21. The number of ether oxygens (including phenoxy) is 1. The summed E-state index contributed by atoms with van der Waals surface area (Å²) in [4.78, 5) is 20.1. The second-order valence-corrected chi connectivity index (χ2v) is 5.99. The first kappa shape index (κ1) is 18.4. The van der Waals surface area contributed by atoms with Crippen molar-refractivity contribution in [2.75, 3.05) is 6.61 Å². The van der Waals surface area contributed by atoms with Crippen LogP contribution < -0.4 is 16.0 Å². The molecular weight excluding hydrogens is 348 g/mol. The lowest BCUT2D eigenvalue weighted by Gasteiger charge is -2.09. The molecule has 0 bridgehead atoms. The minimum Gasteiger partial charge on any atom is -0.493 e. The Kier molecular flexibility index (Phi) is 5.39. The van der Waals surface area contributed by atoms with Crippen molar-refractivity contribution < 1.29 is 9.94 Å². The van der Waals surface area contributed by atoms with Gasteiger partial charge in [0.25, 0.3) is 5.56 Å². The molecule has 2 aromatic heterocycles. The molecule has 3 aromatic rings. The number of oxime groups is 1. The third-order valence-corrected chi connectivity index (χ3v) is 4.07. The first-order valence-electron chi connectivity index (χ1n) is 8.77. The highest BCUT2D eigenvalue weighted by molar-refractivity contribution is 5.82. The topological polar surface area (TPSA) is 131 Å². The van der Waals surface area contributed by atoms with E-state index in [1.165, 1.54) is 0 Å². The molecule has 0 saturated carbocycles. The molecule has 4 N–H and O–H groups in total. The number of para-hydroxylation sites is 1. The van der Waals surface area contributed by atoms with Crippen molar-refractivity contribution >= 4 is 16.9 Å². The number of nitrogens with zero attached hydrogens (tertiary/aromatic N) is 4. The number of nitrogens with two attached hydrogens (primary N) is 1. The molecule has 1 aromatic carbocycles. The van der Waals surface area contributed by atoms with Crippen LogP contribution in [0.15, 0.2) is 34.2 Å². The van der Waals surface area contributed by atoms with Crippen LogP contribution in [-0.4, -0.2) is 37.4 Å². The summed E-state index contributed by atoms with van der Waals surface area (Å²) in [5, 5.41) is 16.1. The second-order valence-electron chi connectivity index (χ2n) is 5.99. The maximum atomic E-state index is 12.6. The van der Waals surface area contributed by atoms with Gasteiger partial charge in [0.15, 0.2) is 11.4 Å². The van der Waals surface area contributed by atoms with E-state index in [1.807, 2.05) is 38.1 Å². The van der Waals surface area contributed by atoms with E-state index in [4.69, 9.17) is 15.7 Å². The molecule has 0 radical (unpaired) electrons. The lowest BCUT2D eigenvalue weighted by Crippen LogP contribution is -2.21. The van der Waals surface area contributed by atoms with Gasteiger partial charge >= 0.3 is 0 Å². The maximum absolute atomic E-state index is 12.6. The Morgan fingerprint density at radius 3 is 2.81 bits per heavy atom. The number of rotatable bonds is 7. The van der Waals surface area contributed by atoms with Crippen molar-refractivity contribution in [3.05, 3.63) is 40.3 Å². The molecule has 2 heterocycles. The van der Waals surface area contributed by atoms with Crippen LogP contribution in [0.3, 0.4) is 0 Å². The zero-order chi connectivity index (χ0) is 19.4. The van der Waals surface area contributed by atoms with Gasteiger partial charge in [-0.1, -0.05) is 30.6 Å². The Labute approximate surface area is 155 Å². The standard InChI is InChI=1S/C18H22N6O3/c1-3-7-12-15-16(22-24(12)10-14(19)23-26)18(25)21-17(20-15)11-8-5-6-9-13(11)27-4-2/h5-6,8-9,26H,3-4,7,10H2,1-2H3,(H2,19,23)(H,20,21,25). The molecule has 0 amide bonds. The zero-order valence-electron chi connectivity index (χ0n) is 15.3. The van der Waals surface area contributed by atoms with Crippen molar-refractivity contribution in [3.8, 4) is 17.1 Å². The number of amidine groups is 1. The number of aryl methyl sites for hydroxylation is 1. The van der Waals surface area contributed by atoms with E-state index in [0.717, 1.165) is 12.1 Å². The normalized spacial score (nSPS) is 11.9. The van der Waals surface area contributed by atoms with E-state index >= 15 is 0 Å². The third kappa shape index (κ3) is 3.62. The van der Waals surface area contributed by atoms with Crippen LogP contribution >= 0.6 is 0 Å². The summed E-state index contributed by atoms with van der Waals surface area (Å²) in [6.07, 6.45) is 1.48. The molecule has 0 aliphatic carbocycles. The highest BCUT2D eigenvalue weighted by Crippen LogP contribution is 2.28. The van der Waals surface area contributed by atoms with Gasteiger partial charge in [-0.25, -0.2) is 4.98 Å². The molecule has 0 fully saturated rings. The molecule has 9 nitrogen and oxygen atoms in total. The molecule has 0 spiro atoms. The van der Waals surface area contributed by atoms with Crippen molar-refractivity contribution in [2.45, 2.75) is 33.2 Å². The zero-order valence-corrected chi connectivity index (χ0v) is 15.3. The van der Waals surface area contributed by atoms with E-state index in [-0.39, 0.29) is 23.5 Å². The number of hydrogen-bond donors (Lipinski definition) is 3. The third-order valence-electron chi connectivity index (χ3n) is 4.07. The van der Waals surface area contributed by atoms with Crippen molar-refractivity contribution in [1.29, 1.82) is 0 Å². The van der Waals surface area contributed by atoms with E-state index in [2.05, 4.69) is 20.2 Å². The second kappa shape index (κ2) is 7.90. The molecule has 0 aliphatic heterocycles. The molecule has 0 saturated heterocycles. The minimum absolute atomic E-state index is 0.00139. The van der Waals surface area contributed by atoms with Gasteiger partial charge < -0.3 is 20.7 Å². The van der Waals surface area contributed by atoms with Gasteiger partial charge in [0.2, 0.25) is 0 Å². The number of hydrogen-bond acceptors (Lipinski definition) is 6. The van der Waals surface area contributed by atoms with Crippen LogP contribution in [0, 0.1) is 0 Å². The Hall–Kier alpha value is -3.36. The Bertz CT molecular complexity index is 1040. The molecule has 27 heavy (non-hydrogen) atoms. The number of aromatic nitrogens is 4. The summed E-state index contributed by atoms with van der Waals surface area (Å²) in [5.74, 6) is 1.05. The number of benzene rings is 1. The fourth-order valence-corrected chi connectivity index (χ4v) is 2.94. The van der Waals surface area contributed by atoms with E-state index < -0.39 is 0 Å². The largest absolute Gasteiger partial charge is 0.493 e. The summed E-state index contributed by atoms with van der Waals surface area (Å²) >= 11 is 0. The van der Waals surface area contributed by atoms with Crippen molar-refractivity contribution in [3.63, 3.8) is 0 Å². The molecule has 0 unspecified atom stereocenters. The molecule has 0 aliphatic rings. The fourth-order valence-electron chi connectivity index (χ4n) is 2.94. The monoisotopic (exact) mass is 370 g/mol. The lowest BCUT2D eigenvalue weighted by atomic mass is 10.1. The Morgan fingerprint density at radius 1 is 1.33 bits per heavy atom. The Morgan fingerprint density at radius 2 is 2.11 bits per heavy atom. The predicted molar refractivity (Wildman–Crippen MR) is 102 cm³/mol. The lowest BCUT2D eigenvalue weighted by molar-refractivity contribution is 0.316. The SMILES string of the molecule is CCCc1c2nc(-c3ccccc3OCC)[nH]c(=O)c2nn1CC(N)=NO. The maximum Gasteiger partial charge on any atom is 0.279 e. The minimum atomic E-state index is -0.350. The van der Waals surface area contributed by atoms with Crippen LogP contribution in [0.2, 0.25) is 0 Å². The molecule has 0 atom stereocenters. The molecule has 142 valence electrons. The highest BCUT2D eigenvalue weighted by atomic mass is 16.5. The van der Waals surface area contributed by atoms with Crippen LogP contribution in [0.25, 0.3) is 22.4 Å². The average Bonchev–Trinajstić information content (AvgIpc) is 3.00. The van der Waals surface area contributed by atoms with Gasteiger partial charge in [0.1, 0.15) is 23.6 Å². The number of fused-ring (bicyclic) bond motifs is 1. The predicted octanol–water partition coefficient (Wildman–Crippen LogP) is 1.88. The summed E-state index contributed by atoms with van der Waals surface area (Å²) in [5.41, 5.74) is 7.46. The smallest absolute Gasteiger partial charge is 0.279 e. The van der Waals surface area contributed by atoms with Crippen LogP contribution in [-0.2, 0) is 13.0 Å². The van der Waals surface area contributed by atoms with Gasteiger partial charge in [-0.15, -0.1) is 0 Å².